The molecule has 4 aromatic rings. The van der Waals surface area contributed by atoms with Gasteiger partial charge in [-0.05, 0) is 42.5 Å². The molecule has 8 heteroatoms. The normalized spacial score (nSPS) is 19.3. The number of nitrogens with two attached hydrogens (primary N) is 1. The number of carbonyl (C=O) groups is 2. The number of nitrogens with one attached hydrogen (secondary N) is 1. The van der Waals surface area contributed by atoms with Crippen LogP contribution in [0.3, 0.4) is 0 Å². The molecule has 1 aliphatic heterocycles. The van der Waals surface area contributed by atoms with Crippen molar-refractivity contribution in [3.63, 3.8) is 0 Å². The summed E-state index contributed by atoms with van der Waals surface area (Å²) in [4.78, 5) is 33.2. The number of aromatic nitrogens is 3. The molecule has 0 spiro atoms. The summed E-state index contributed by atoms with van der Waals surface area (Å²) in [7, 11) is 0. The van der Waals surface area contributed by atoms with Gasteiger partial charge in [0.05, 0.1) is 29.5 Å². The number of H-pyrrole nitrogens is 1. The maximum Gasteiger partial charge on any atom is 0.254 e. The standard InChI is InChI=1S/C21H19N5O3/c22-20(28)13-2-4-17-12(7-13)5-6-26(17)18-9-25(10-19(18)27)21(29)14-1-3-15-16(8-14)24-11-23-15/h1-8,11,18-19,27H,9-10H2,(H2,22,28)(H,23,24)/t18-,19-/m1/s1. The van der Waals surface area contributed by atoms with Gasteiger partial charge in [-0.3, -0.25) is 9.59 Å². The van der Waals surface area contributed by atoms with Crippen molar-refractivity contribution in [3.8, 4) is 0 Å². The van der Waals surface area contributed by atoms with Crippen LogP contribution in [0.25, 0.3) is 21.9 Å². The highest BCUT2D eigenvalue weighted by Crippen LogP contribution is 2.29. The molecule has 0 unspecified atom stereocenters. The average Bonchev–Trinajstić information content (AvgIpc) is 3.43. The number of carbonyl (C=O) groups excluding carboxylic acids is 2. The first kappa shape index (κ1) is 17.4. The molecule has 4 N–H and O–H groups in total. The minimum absolute atomic E-state index is 0.129. The van der Waals surface area contributed by atoms with E-state index in [1.54, 1.807) is 41.6 Å². The lowest BCUT2D eigenvalue weighted by molar-refractivity contribution is 0.0764. The van der Waals surface area contributed by atoms with E-state index in [1.807, 2.05) is 22.9 Å². The van der Waals surface area contributed by atoms with E-state index < -0.39 is 12.0 Å². The number of fused-ring (bicyclic) bond motifs is 2. The van der Waals surface area contributed by atoms with Crippen LogP contribution in [-0.2, 0) is 0 Å². The Morgan fingerprint density at radius 2 is 1.93 bits per heavy atom. The average molecular weight is 389 g/mol. The van der Waals surface area contributed by atoms with Crippen LogP contribution < -0.4 is 5.73 Å². The third-order valence-electron chi connectivity index (χ3n) is 5.58. The molecule has 0 radical (unpaired) electrons. The van der Waals surface area contributed by atoms with Crippen molar-refractivity contribution in [3.05, 3.63) is 66.1 Å². The molecule has 146 valence electrons. The fourth-order valence-electron chi connectivity index (χ4n) is 4.07. The predicted molar refractivity (Wildman–Crippen MR) is 107 cm³/mol. The molecule has 2 aromatic heterocycles. The van der Waals surface area contributed by atoms with Gasteiger partial charge < -0.3 is 25.3 Å². The minimum Gasteiger partial charge on any atom is -0.389 e. The van der Waals surface area contributed by atoms with Crippen LogP contribution in [-0.4, -0.2) is 55.5 Å². The summed E-state index contributed by atoms with van der Waals surface area (Å²) in [6, 6.07) is 12.2. The molecular formula is C21H19N5O3. The van der Waals surface area contributed by atoms with Crippen molar-refractivity contribution in [2.75, 3.05) is 13.1 Å². The largest absolute Gasteiger partial charge is 0.389 e. The Morgan fingerprint density at radius 1 is 1.10 bits per heavy atom. The molecule has 5 rings (SSSR count). The Hall–Kier alpha value is -3.65. The molecule has 0 aliphatic carbocycles. The zero-order valence-electron chi connectivity index (χ0n) is 15.4. The number of hydrogen-bond acceptors (Lipinski definition) is 4. The Morgan fingerprint density at radius 3 is 2.76 bits per heavy atom. The summed E-state index contributed by atoms with van der Waals surface area (Å²) in [5.74, 6) is -0.609. The zero-order valence-corrected chi connectivity index (χ0v) is 15.4. The van der Waals surface area contributed by atoms with Crippen LogP contribution in [0.15, 0.2) is 55.0 Å². The lowest BCUT2D eigenvalue weighted by Gasteiger charge is -2.18. The van der Waals surface area contributed by atoms with Crippen LogP contribution in [0.4, 0.5) is 0 Å². The highest BCUT2D eigenvalue weighted by molar-refractivity contribution is 5.98. The number of aromatic amines is 1. The van der Waals surface area contributed by atoms with Crippen molar-refractivity contribution in [1.82, 2.24) is 19.4 Å². The molecule has 29 heavy (non-hydrogen) atoms. The number of likely N-dealkylation sites (tertiary alicyclic amines) is 1. The van der Waals surface area contributed by atoms with Crippen molar-refractivity contribution in [1.29, 1.82) is 0 Å². The van der Waals surface area contributed by atoms with E-state index in [0.29, 0.717) is 17.7 Å². The Labute approximate surface area is 165 Å². The number of imidazole rings is 1. The van der Waals surface area contributed by atoms with E-state index in [-0.39, 0.29) is 18.5 Å². The number of nitrogens with zero attached hydrogens (tertiary/aromatic N) is 3. The Balaban J connectivity index is 1.42. The van der Waals surface area contributed by atoms with Crippen LogP contribution in [0.5, 0.6) is 0 Å². The number of hydrogen-bond donors (Lipinski definition) is 3. The van der Waals surface area contributed by atoms with Crippen LogP contribution in [0.2, 0.25) is 0 Å². The van der Waals surface area contributed by atoms with E-state index in [2.05, 4.69) is 9.97 Å². The molecular weight excluding hydrogens is 370 g/mol. The van der Waals surface area contributed by atoms with Gasteiger partial charge in [0.15, 0.2) is 0 Å². The molecule has 0 bridgehead atoms. The summed E-state index contributed by atoms with van der Waals surface area (Å²) in [5.41, 5.74) is 8.83. The van der Waals surface area contributed by atoms with Gasteiger partial charge in [0.2, 0.25) is 5.91 Å². The van der Waals surface area contributed by atoms with Gasteiger partial charge in [-0.1, -0.05) is 0 Å². The number of benzene rings is 2. The molecule has 2 aromatic carbocycles. The number of primary amides is 1. The first-order valence-corrected chi connectivity index (χ1v) is 9.32. The molecule has 8 nitrogen and oxygen atoms in total. The summed E-state index contributed by atoms with van der Waals surface area (Å²) < 4.78 is 1.95. The van der Waals surface area contributed by atoms with Gasteiger partial charge in [0.1, 0.15) is 0 Å². The van der Waals surface area contributed by atoms with E-state index in [4.69, 9.17) is 5.73 Å². The SMILES string of the molecule is NC(=O)c1ccc2c(ccn2[C@@H]2CN(C(=O)c3ccc4nc[nH]c4c3)C[C@H]2O)c1. The summed E-state index contributed by atoms with van der Waals surface area (Å²) >= 11 is 0. The third-order valence-corrected chi connectivity index (χ3v) is 5.58. The first-order valence-electron chi connectivity index (χ1n) is 9.32. The van der Waals surface area contributed by atoms with Crippen LogP contribution in [0.1, 0.15) is 26.8 Å². The number of aliphatic hydroxyl groups excluding tert-OH is 1. The number of rotatable bonds is 3. The highest BCUT2D eigenvalue weighted by atomic mass is 16.3. The molecule has 1 aliphatic rings. The van der Waals surface area contributed by atoms with Crippen molar-refractivity contribution in [2.45, 2.75) is 12.1 Å². The van der Waals surface area contributed by atoms with Crippen molar-refractivity contribution in [2.24, 2.45) is 5.73 Å². The van der Waals surface area contributed by atoms with Gasteiger partial charge in [0.25, 0.3) is 5.91 Å². The van der Waals surface area contributed by atoms with E-state index in [0.717, 1.165) is 21.9 Å². The zero-order chi connectivity index (χ0) is 20.1. The molecule has 2 atom stereocenters. The summed E-state index contributed by atoms with van der Waals surface area (Å²) in [6.07, 6.45) is 2.77. The van der Waals surface area contributed by atoms with Gasteiger partial charge in [-0.2, -0.15) is 0 Å². The fourth-order valence-corrected chi connectivity index (χ4v) is 4.07. The second kappa shape index (κ2) is 6.46. The second-order valence-corrected chi connectivity index (χ2v) is 7.34. The number of aliphatic hydroxyl groups is 1. The topological polar surface area (TPSA) is 117 Å². The Kier molecular flexibility index (Phi) is 3.88. The van der Waals surface area contributed by atoms with Gasteiger partial charge in [-0.15, -0.1) is 0 Å². The maximum atomic E-state index is 13.0. The highest BCUT2D eigenvalue weighted by Gasteiger charge is 2.36. The lowest BCUT2D eigenvalue weighted by atomic mass is 10.1. The van der Waals surface area contributed by atoms with E-state index in [9.17, 15) is 14.7 Å². The van der Waals surface area contributed by atoms with Crippen molar-refractivity contribution >= 4 is 33.8 Å². The maximum absolute atomic E-state index is 13.0. The Bertz CT molecular complexity index is 1260. The predicted octanol–water partition coefficient (Wildman–Crippen LogP) is 1.67. The third kappa shape index (κ3) is 2.85. The smallest absolute Gasteiger partial charge is 0.254 e. The molecule has 3 heterocycles. The van der Waals surface area contributed by atoms with Crippen LogP contribution >= 0.6 is 0 Å². The second-order valence-electron chi connectivity index (χ2n) is 7.34. The van der Waals surface area contributed by atoms with Crippen molar-refractivity contribution < 1.29 is 14.7 Å². The lowest BCUT2D eigenvalue weighted by Crippen LogP contribution is -2.29. The van der Waals surface area contributed by atoms with Crippen LogP contribution in [0, 0.1) is 0 Å². The quantitative estimate of drug-likeness (QED) is 0.494. The number of β-amino-alcohol motifs (C(OH)–C–C–N with tert-alkyl or cyclic N) is 1. The summed E-state index contributed by atoms with van der Waals surface area (Å²) in [6.45, 7) is 0.645. The van der Waals surface area contributed by atoms with Gasteiger partial charge >= 0.3 is 0 Å². The summed E-state index contributed by atoms with van der Waals surface area (Å²) in [5, 5.41) is 11.5. The monoisotopic (exact) mass is 389 g/mol. The first-order chi connectivity index (χ1) is 14.0. The van der Waals surface area contributed by atoms with E-state index >= 15 is 0 Å². The van der Waals surface area contributed by atoms with E-state index in [1.165, 1.54) is 0 Å². The molecule has 1 fully saturated rings. The van der Waals surface area contributed by atoms with Gasteiger partial charge in [-0.25, -0.2) is 4.98 Å². The fraction of sp³-hybridized carbons (Fsp3) is 0.190. The molecule has 2 amide bonds. The van der Waals surface area contributed by atoms with Gasteiger partial charge in [0, 0.05) is 41.3 Å². The molecule has 1 saturated heterocycles. The minimum atomic E-state index is -0.693. The number of amides is 2. The molecule has 0 saturated carbocycles.